The number of likely N-dealkylation sites (tertiary alicyclic amines) is 1. The SMILES string of the molecule is O=[N+]([O-])c1cc(S(=O)(=O)NCO)ccc1OCC1(F)CCN(C2CC2)CC1. The van der Waals surface area contributed by atoms with Gasteiger partial charge in [-0.15, -0.1) is 0 Å². The molecule has 2 aliphatic rings. The number of nitro benzene ring substituents is 1. The molecule has 1 saturated heterocycles. The Morgan fingerprint density at radius 2 is 2.04 bits per heavy atom. The van der Waals surface area contributed by atoms with Crippen molar-refractivity contribution < 1.29 is 27.6 Å². The lowest BCUT2D eigenvalue weighted by Gasteiger charge is -2.36. The molecule has 150 valence electrons. The second-order valence-corrected chi connectivity index (χ2v) is 8.67. The van der Waals surface area contributed by atoms with Crippen LogP contribution < -0.4 is 9.46 Å². The number of aliphatic hydroxyl groups is 1. The summed E-state index contributed by atoms with van der Waals surface area (Å²) in [6.07, 6.45) is 2.90. The minimum Gasteiger partial charge on any atom is -0.483 e. The van der Waals surface area contributed by atoms with E-state index in [4.69, 9.17) is 9.84 Å². The first kappa shape index (κ1) is 19.9. The molecule has 0 aromatic heterocycles. The summed E-state index contributed by atoms with van der Waals surface area (Å²) >= 11 is 0. The highest BCUT2D eigenvalue weighted by Gasteiger charge is 2.40. The second kappa shape index (κ2) is 7.66. The van der Waals surface area contributed by atoms with E-state index in [-0.39, 0.29) is 17.3 Å². The molecule has 0 amide bonds. The second-order valence-electron chi connectivity index (χ2n) is 6.90. The molecular weight excluding hydrogens is 381 g/mol. The largest absolute Gasteiger partial charge is 0.483 e. The van der Waals surface area contributed by atoms with Crippen LogP contribution >= 0.6 is 0 Å². The van der Waals surface area contributed by atoms with Crippen LogP contribution in [0.5, 0.6) is 5.75 Å². The predicted octanol–water partition coefficient (Wildman–Crippen LogP) is 1.17. The lowest BCUT2D eigenvalue weighted by molar-refractivity contribution is -0.386. The van der Waals surface area contributed by atoms with Gasteiger partial charge < -0.3 is 14.7 Å². The summed E-state index contributed by atoms with van der Waals surface area (Å²) in [5, 5.41) is 20.0. The molecule has 1 aliphatic heterocycles. The number of sulfonamides is 1. The van der Waals surface area contributed by atoms with Gasteiger partial charge >= 0.3 is 5.69 Å². The number of nitrogens with zero attached hydrogens (tertiary/aromatic N) is 2. The first-order chi connectivity index (χ1) is 12.7. The summed E-state index contributed by atoms with van der Waals surface area (Å²) < 4.78 is 45.9. The Morgan fingerprint density at radius 3 is 2.59 bits per heavy atom. The number of alkyl halides is 1. The number of aliphatic hydroxyl groups excluding tert-OH is 1. The van der Waals surface area contributed by atoms with E-state index in [1.807, 2.05) is 4.72 Å². The fourth-order valence-electron chi connectivity index (χ4n) is 3.18. The number of hydrogen-bond donors (Lipinski definition) is 2. The summed E-state index contributed by atoms with van der Waals surface area (Å²) in [6, 6.07) is 3.64. The average Bonchev–Trinajstić information content (AvgIpc) is 3.45. The van der Waals surface area contributed by atoms with Crippen LogP contribution in [-0.4, -0.2) is 61.5 Å². The van der Waals surface area contributed by atoms with Gasteiger partial charge in [-0.25, -0.2) is 12.8 Å². The zero-order valence-corrected chi connectivity index (χ0v) is 15.5. The van der Waals surface area contributed by atoms with Gasteiger partial charge in [-0.2, -0.15) is 4.72 Å². The Labute approximate surface area is 156 Å². The van der Waals surface area contributed by atoms with Crippen molar-refractivity contribution in [2.75, 3.05) is 26.4 Å². The van der Waals surface area contributed by atoms with Crippen LogP contribution in [0, 0.1) is 10.1 Å². The first-order valence-corrected chi connectivity index (χ1v) is 10.2. The summed E-state index contributed by atoms with van der Waals surface area (Å²) in [7, 11) is -4.08. The lowest BCUT2D eigenvalue weighted by Crippen LogP contribution is -2.45. The van der Waals surface area contributed by atoms with Gasteiger partial charge in [-0.05, 0) is 37.8 Å². The number of piperidine rings is 1. The van der Waals surface area contributed by atoms with E-state index in [1.54, 1.807) is 0 Å². The standard InChI is InChI=1S/C16H22FN3O6S/c17-16(5-7-19(8-6-16)12-1-2-12)10-26-15-4-3-13(9-14(15)20(22)23)27(24,25)18-11-21/h3-4,9,12,18,21H,1-2,5-8,10-11H2. The average molecular weight is 403 g/mol. The molecule has 0 spiro atoms. The molecule has 2 N–H and O–H groups in total. The molecule has 27 heavy (non-hydrogen) atoms. The van der Waals surface area contributed by atoms with Gasteiger partial charge in [0.1, 0.15) is 19.0 Å². The Balaban J connectivity index is 1.70. The number of halogens is 1. The first-order valence-electron chi connectivity index (χ1n) is 8.69. The molecule has 1 saturated carbocycles. The van der Waals surface area contributed by atoms with E-state index < -0.39 is 33.0 Å². The number of hydrogen-bond acceptors (Lipinski definition) is 7. The highest BCUT2D eigenvalue weighted by atomic mass is 32.2. The fourth-order valence-corrected chi connectivity index (χ4v) is 4.03. The topological polar surface area (TPSA) is 122 Å². The van der Waals surface area contributed by atoms with E-state index in [9.17, 15) is 22.9 Å². The van der Waals surface area contributed by atoms with E-state index >= 15 is 0 Å². The van der Waals surface area contributed by atoms with Crippen molar-refractivity contribution in [2.24, 2.45) is 0 Å². The monoisotopic (exact) mass is 403 g/mol. The molecule has 1 aromatic carbocycles. The van der Waals surface area contributed by atoms with Gasteiger partial charge in [0, 0.05) is 25.2 Å². The van der Waals surface area contributed by atoms with Crippen molar-refractivity contribution in [3.63, 3.8) is 0 Å². The quantitative estimate of drug-likeness (QED) is 0.379. The van der Waals surface area contributed by atoms with Crippen LogP contribution in [0.2, 0.25) is 0 Å². The molecule has 0 bridgehead atoms. The molecule has 3 rings (SSSR count). The van der Waals surface area contributed by atoms with Gasteiger partial charge in [-0.3, -0.25) is 10.1 Å². The third kappa shape index (κ3) is 4.72. The van der Waals surface area contributed by atoms with Gasteiger partial charge in [0.05, 0.1) is 9.82 Å². The smallest absolute Gasteiger partial charge is 0.312 e. The Bertz CT molecular complexity index is 806. The van der Waals surface area contributed by atoms with Crippen molar-refractivity contribution >= 4 is 15.7 Å². The minimum atomic E-state index is -4.08. The zero-order chi connectivity index (χ0) is 19.7. The van der Waals surface area contributed by atoms with E-state index in [1.165, 1.54) is 0 Å². The molecular formula is C16H22FN3O6S. The van der Waals surface area contributed by atoms with Crippen molar-refractivity contribution in [3.8, 4) is 5.75 Å². The Kier molecular flexibility index (Phi) is 5.65. The maximum Gasteiger partial charge on any atom is 0.312 e. The molecule has 11 heteroatoms. The molecule has 0 atom stereocenters. The molecule has 9 nitrogen and oxygen atoms in total. The minimum absolute atomic E-state index is 0.190. The maximum absolute atomic E-state index is 15.0. The molecule has 2 fully saturated rings. The van der Waals surface area contributed by atoms with Crippen LogP contribution in [0.4, 0.5) is 10.1 Å². The Hall–Kier alpha value is -1.82. The van der Waals surface area contributed by atoms with Crippen LogP contribution in [0.25, 0.3) is 0 Å². The highest BCUT2D eigenvalue weighted by Crippen LogP contribution is 2.36. The third-order valence-electron chi connectivity index (χ3n) is 4.94. The van der Waals surface area contributed by atoms with Crippen molar-refractivity contribution in [2.45, 2.75) is 42.3 Å². The Morgan fingerprint density at radius 1 is 1.37 bits per heavy atom. The molecule has 1 aromatic rings. The van der Waals surface area contributed by atoms with E-state index in [0.29, 0.717) is 32.0 Å². The fraction of sp³-hybridized carbons (Fsp3) is 0.625. The number of nitrogens with one attached hydrogen (secondary N) is 1. The lowest BCUT2D eigenvalue weighted by atomic mass is 9.94. The number of ether oxygens (including phenoxy) is 1. The van der Waals surface area contributed by atoms with Gasteiger partial charge in [-0.1, -0.05) is 0 Å². The highest BCUT2D eigenvalue weighted by molar-refractivity contribution is 7.89. The summed E-state index contributed by atoms with van der Waals surface area (Å²) in [6.45, 7) is 0.108. The van der Waals surface area contributed by atoms with Crippen molar-refractivity contribution in [1.29, 1.82) is 0 Å². The maximum atomic E-state index is 15.0. The predicted molar refractivity (Wildman–Crippen MR) is 93.7 cm³/mol. The third-order valence-corrected chi connectivity index (χ3v) is 6.32. The van der Waals surface area contributed by atoms with Crippen molar-refractivity contribution in [1.82, 2.24) is 9.62 Å². The van der Waals surface area contributed by atoms with Crippen LogP contribution in [0.3, 0.4) is 0 Å². The van der Waals surface area contributed by atoms with Gasteiger partial charge in [0.25, 0.3) is 0 Å². The summed E-state index contributed by atoms with van der Waals surface area (Å²) in [5.74, 6) is -0.190. The molecule has 0 radical (unpaired) electrons. The van der Waals surface area contributed by atoms with Crippen LogP contribution in [-0.2, 0) is 10.0 Å². The van der Waals surface area contributed by atoms with E-state index in [2.05, 4.69) is 4.90 Å². The number of nitro groups is 1. The van der Waals surface area contributed by atoms with Crippen LogP contribution in [0.15, 0.2) is 23.1 Å². The molecule has 0 unspecified atom stereocenters. The van der Waals surface area contributed by atoms with E-state index in [0.717, 1.165) is 31.0 Å². The number of rotatable bonds is 8. The van der Waals surface area contributed by atoms with Gasteiger partial charge in [0.2, 0.25) is 10.0 Å². The summed E-state index contributed by atoms with van der Waals surface area (Å²) in [5.41, 5.74) is -2.14. The normalized spacial score (nSPS) is 20.4. The molecule has 1 heterocycles. The summed E-state index contributed by atoms with van der Waals surface area (Å²) in [4.78, 5) is 12.4. The van der Waals surface area contributed by atoms with Crippen molar-refractivity contribution in [3.05, 3.63) is 28.3 Å². The molecule has 1 aliphatic carbocycles. The van der Waals surface area contributed by atoms with Gasteiger partial charge in [0.15, 0.2) is 5.75 Å². The number of benzene rings is 1. The van der Waals surface area contributed by atoms with Crippen LogP contribution in [0.1, 0.15) is 25.7 Å². The zero-order valence-electron chi connectivity index (χ0n) is 14.6.